The van der Waals surface area contributed by atoms with Gasteiger partial charge in [0, 0.05) is 0 Å². The van der Waals surface area contributed by atoms with E-state index in [2.05, 4.69) is 15.6 Å². The number of nitrogens with zero attached hydrogens (tertiary/aromatic N) is 2. The Morgan fingerprint density at radius 3 is 2.67 bits per heavy atom. The third-order valence-electron chi connectivity index (χ3n) is 1.35. The first kappa shape index (κ1) is 12.1. The van der Waals surface area contributed by atoms with Crippen LogP contribution in [0.25, 0.3) is 0 Å². The van der Waals surface area contributed by atoms with E-state index in [4.69, 9.17) is 10.6 Å². The Hall–Kier alpha value is -0.930. The summed E-state index contributed by atoms with van der Waals surface area (Å²) in [6.45, 7) is -0.371. The number of anilines is 1. The largest absolute Gasteiger partial charge is 0.391 e. The Morgan fingerprint density at radius 1 is 1.40 bits per heavy atom. The van der Waals surface area contributed by atoms with Gasteiger partial charge in [0.2, 0.25) is 5.13 Å². The number of hydrazine groups is 1. The first-order valence-electron chi connectivity index (χ1n) is 3.95. The van der Waals surface area contributed by atoms with E-state index in [1.807, 2.05) is 0 Å². The maximum Gasteiger partial charge on any atom is 0.391 e. The third-order valence-corrected chi connectivity index (χ3v) is 2.17. The molecule has 1 rings (SSSR count). The van der Waals surface area contributed by atoms with E-state index in [9.17, 15) is 13.2 Å². The van der Waals surface area contributed by atoms with Crippen LogP contribution in [0.4, 0.5) is 18.3 Å². The molecule has 0 aliphatic heterocycles. The third kappa shape index (κ3) is 4.91. The summed E-state index contributed by atoms with van der Waals surface area (Å²) in [5.41, 5.74) is 2.27. The van der Waals surface area contributed by atoms with Crippen LogP contribution in [0.5, 0.6) is 0 Å². The molecule has 0 aliphatic rings. The number of rotatable bonds is 5. The molecule has 0 saturated heterocycles. The van der Waals surface area contributed by atoms with Crippen LogP contribution >= 0.6 is 11.3 Å². The lowest BCUT2D eigenvalue weighted by molar-refractivity contribution is -0.146. The summed E-state index contributed by atoms with van der Waals surface area (Å²) in [5.74, 6) is 5.04. The van der Waals surface area contributed by atoms with Crippen molar-refractivity contribution in [3.63, 3.8) is 0 Å². The number of halogens is 3. The van der Waals surface area contributed by atoms with Crippen LogP contribution in [0.3, 0.4) is 0 Å². The van der Waals surface area contributed by atoms with E-state index in [0.717, 1.165) is 11.3 Å². The number of hydrogen-bond acceptors (Lipinski definition) is 6. The molecule has 9 heteroatoms. The van der Waals surface area contributed by atoms with Crippen molar-refractivity contribution in [3.8, 4) is 0 Å². The highest BCUT2D eigenvalue weighted by Gasteiger charge is 2.26. The average Bonchev–Trinajstić information content (AvgIpc) is 2.59. The van der Waals surface area contributed by atoms with Gasteiger partial charge in [-0.15, -0.1) is 10.2 Å². The van der Waals surface area contributed by atoms with Gasteiger partial charge in [0.1, 0.15) is 11.6 Å². The van der Waals surface area contributed by atoms with E-state index in [0.29, 0.717) is 10.1 Å². The molecule has 0 amide bonds. The number of nitrogen functional groups attached to an aromatic ring is 1. The molecule has 1 aromatic rings. The van der Waals surface area contributed by atoms with Gasteiger partial charge in [-0.25, -0.2) is 5.84 Å². The predicted octanol–water partition coefficient (Wildman–Crippen LogP) is 1.29. The number of hydrogen-bond donors (Lipinski definition) is 2. The minimum atomic E-state index is -4.19. The van der Waals surface area contributed by atoms with Gasteiger partial charge in [0.05, 0.1) is 13.0 Å². The summed E-state index contributed by atoms with van der Waals surface area (Å²) >= 11 is 1.13. The molecule has 1 heterocycles. The van der Waals surface area contributed by atoms with Crippen molar-refractivity contribution >= 4 is 16.5 Å². The van der Waals surface area contributed by atoms with Crippen molar-refractivity contribution < 1.29 is 17.9 Å². The Balaban J connectivity index is 2.20. The van der Waals surface area contributed by atoms with Crippen LogP contribution < -0.4 is 11.3 Å². The van der Waals surface area contributed by atoms with Gasteiger partial charge in [-0.1, -0.05) is 11.3 Å². The molecule has 0 aromatic carbocycles. The summed E-state index contributed by atoms with van der Waals surface area (Å²) in [4.78, 5) is 0. The van der Waals surface area contributed by atoms with Gasteiger partial charge in [0.25, 0.3) is 0 Å². The number of alkyl halides is 3. The molecule has 86 valence electrons. The van der Waals surface area contributed by atoms with Crippen molar-refractivity contribution in [2.45, 2.75) is 19.2 Å². The molecule has 0 radical (unpaired) electrons. The molecular formula is C6H9F3N4OS. The van der Waals surface area contributed by atoms with E-state index in [1.54, 1.807) is 0 Å². The molecule has 0 bridgehead atoms. The smallest absolute Gasteiger partial charge is 0.374 e. The molecule has 0 unspecified atom stereocenters. The van der Waals surface area contributed by atoms with E-state index in [-0.39, 0.29) is 13.2 Å². The highest BCUT2D eigenvalue weighted by molar-refractivity contribution is 7.15. The highest BCUT2D eigenvalue weighted by Crippen LogP contribution is 2.20. The van der Waals surface area contributed by atoms with Crippen molar-refractivity contribution in [2.75, 3.05) is 12.0 Å². The molecule has 3 N–H and O–H groups in total. The fourth-order valence-corrected chi connectivity index (χ4v) is 1.31. The van der Waals surface area contributed by atoms with Crippen LogP contribution in [-0.2, 0) is 11.3 Å². The zero-order valence-electron chi connectivity index (χ0n) is 7.54. The van der Waals surface area contributed by atoms with Gasteiger partial charge in [-0.05, 0) is 0 Å². The fraction of sp³-hybridized carbons (Fsp3) is 0.667. The molecule has 0 atom stereocenters. The van der Waals surface area contributed by atoms with Crippen LogP contribution in [0.2, 0.25) is 0 Å². The molecule has 15 heavy (non-hydrogen) atoms. The quantitative estimate of drug-likeness (QED) is 0.462. The fourth-order valence-electron chi connectivity index (χ4n) is 0.718. The lowest BCUT2D eigenvalue weighted by atomic mass is 10.4. The first-order valence-corrected chi connectivity index (χ1v) is 4.76. The summed E-state index contributed by atoms with van der Waals surface area (Å²) in [7, 11) is 0. The van der Waals surface area contributed by atoms with Crippen molar-refractivity contribution in [1.82, 2.24) is 10.2 Å². The zero-order valence-corrected chi connectivity index (χ0v) is 8.36. The number of nitrogens with two attached hydrogens (primary N) is 1. The monoisotopic (exact) mass is 242 g/mol. The summed E-state index contributed by atoms with van der Waals surface area (Å²) < 4.78 is 39.9. The molecule has 0 fully saturated rings. The van der Waals surface area contributed by atoms with E-state index < -0.39 is 12.6 Å². The Bertz CT molecular complexity index is 303. The number of aromatic nitrogens is 2. The van der Waals surface area contributed by atoms with Crippen LogP contribution in [-0.4, -0.2) is 23.0 Å². The van der Waals surface area contributed by atoms with Gasteiger partial charge >= 0.3 is 6.18 Å². The topological polar surface area (TPSA) is 73.1 Å². The summed E-state index contributed by atoms with van der Waals surface area (Å²) in [5, 5.41) is 8.10. The second kappa shape index (κ2) is 5.24. The molecule has 0 aliphatic carbocycles. The molecule has 0 spiro atoms. The Kier molecular flexibility index (Phi) is 4.24. The maximum absolute atomic E-state index is 11.7. The predicted molar refractivity (Wildman–Crippen MR) is 48.0 cm³/mol. The van der Waals surface area contributed by atoms with E-state index >= 15 is 0 Å². The van der Waals surface area contributed by atoms with Crippen molar-refractivity contribution in [2.24, 2.45) is 5.84 Å². The number of ether oxygens (including phenoxy) is 1. The first-order chi connectivity index (χ1) is 7.01. The lowest BCUT2D eigenvalue weighted by Crippen LogP contribution is -2.11. The van der Waals surface area contributed by atoms with Crippen LogP contribution in [0, 0.1) is 0 Å². The van der Waals surface area contributed by atoms with Crippen molar-refractivity contribution in [3.05, 3.63) is 5.01 Å². The molecule has 0 saturated carbocycles. The second-order valence-electron chi connectivity index (χ2n) is 2.56. The molecular weight excluding hydrogens is 233 g/mol. The summed E-state index contributed by atoms with van der Waals surface area (Å²) in [6.07, 6.45) is -5.15. The Labute approximate surface area is 87.4 Å². The zero-order chi connectivity index (χ0) is 11.3. The second-order valence-corrected chi connectivity index (χ2v) is 3.63. The molecule has 5 nitrogen and oxygen atoms in total. The average molecular weight is 242 g/mol. The van der Waals surface area contributed by atoms with Crippen LogP contribution in [0.15, 0.2) is 0 Å². The van der Waals surface area contributed by atoms with Crippen LogP contribution in [0.1, 0.15) is 11.4 Å². The maximum atomic E-state index is 11.7. The van der Waals surface area contributed by atoms with Crippen molar-refractivity contribution in [1.29, 1.82) is 0 Å². The van der Waals surface area contributed by atoms with Gasteiger partial charge in [-0.2, -0.15) is 13.2 Å². The Morgan fingerprint density at radius 2 is 2.13 bits per heavy atom. The standard InChI is InChI=1S/C6H9F3N4OS/c7-6(8,9)1-2-14-3-4-12-13-5(11-10)15-4/h1-3,10H2,(H,11,13). The highest BCUT2D eigenvalue weighted by atomic mass is 32.1. The molecule has 1 aromatic heterocycles. The van der Waals surface area contributed by atoms with E-state index in [1.165, 1.54) is 0 Å². The minimum absolute atomic E-state index is 0.00935. The normalized spacial score (nSPS) is 11.7. The lowest BCUT2D eigenvalue weighted by Gasteiger charge is -2.05. The van der Waals surface area contributed by atoms with Gasteiger partial charge in [0.15, 0.2) is 0 Å². The van der Waals surface area contributed by atoms with Gasteiger partial charge < -0.3 is 4.74 Å². The minimum Gasteiger partial charge on any atom is -0.374 e. The number of nitrogens with one attached hydrogen (secondary N) is 1. The summed E-state index contributed by atoms with van der Waals surface area (Å²) in [6, 6.07) is 0. The van der Waals surface area contributed by atoms with Gasteiger partial charge in [-0.3, -0.25) is 5.43 Å². The SMILES string of the molecule is NNc1nnc(COCCC(F)(F)F)s1.